The highest BCUT2D eigenvalue weighted by Gasteiger charge is 2.15. The molecule has 1 N–H and O–H groups in total. The smallest absolute Gasteiger partial charge is 0.381 e. The lowest BCUT2D eigenvalue weighted by Gasteiger charge is -2.21. The van der Waals surface area contributed by atoms with Crippen LogP contribution in [-0.4, -0.2) is 30.8 Å². The zero-order valence-corrected chi connectivity index (χ0v) is 11.6. The molecule has 0 bridgehead atoms. The minimum Gasteiger partial charge on any atom is -0.381 e. The molecule has 94 valence electrons. The van der Waals surface area contributed by atoms with Gasteiger partial charge in [0.25, 0.3) is 5.19 Å². The number of rotatable bonds is 3. The summed E-state index contributed by atoms with van der Waals surface area (Å²) in [5.41, 5.74) is 0. The molecule has 2 rings (SSSR count). The Balaban J connectivity index is 1.70. The number of carbonyl (C=O) groups excluding carboxylic acids is 1. The van der Waals surface area contributed by atoms with E-state index in [1.54, 1.807) is 5.38 Å². The van der Waals surface area contributed by atoms with Gasteiger partial charge in [-0.2, -0.15) is 4.98 Å². The van der Waals surface area contributed by atoms with E-state index in [1.807, 2.05) is 0 Å². The second-order valence-corrected chi connectivity index (χ2v) is 5.40. The largest absolute Gasteiger partial charge is 0.414 e. The van der Waals surface area contributed by atoms with Gasteiger partial charge < -0.3 is 14.8 Å². The minimum absolute atomic E-state index is 0.348. The van der Waals surface area contributed by atoms with Crippen LogP contribution in [0, 0.1) is 5.92 Å². The standard InChI is InChI=1S/C10H13BrN2O3S/c11-8-6-17-10(13-8)16-9(14)12-5-7-1-3-15-4-2-7/h6-7H,1-5H2,(H,12,14). The van der Waals surface area contributed by atoms with E-state index in [0.717, 1.165) is 26.1 Å². The number of carbonyl (C=O) groups is 1. The summed E-state index contributed by atoms with van der Waals surface area (Å²) in [5.74, 6) is 0.485. The molecule has 0 saturated carbocycles. The Morgan fingerprint density at radius 2 is 2.41 bits per heavy atom. The van der Waals surface area contributed by atoms with Crippen molar-refractivity contribution in [1.82, 2.24) is 10.3 Å². The second-order valence-electron chi connectivity index (χ2n) is 3.76. The normalized spacial score (nSPS) is 16.8. The first-order chi connectivity index (χ1) is 8.24. The Morgan fingerprint density at radius 3 is 3.06 bits per heavy atom. The molecule has 1 amide bonds. The molecule has 1 aliphatic rings. The first kappa shape index (κ1) is 12.8. The SMILES string of the molecule is O=C(NCC1CCOCC1)Oc1nc(Br)cs1. The fourth-order valence-electron chi connectivity index (χ4n) is 1.58. The Labute approximate surface area is 112 Å². The predicted octanol–water partition coefficient (Wildman–Crippen LogP) is 2.42. The van der Waals surface area contributed by atoms with E-state index in [0.29, 0.717) is 22.3 Å². The van der Waals surface area contributed by atoms with Crippen molar-refractivity contribution in [3.8, 4) is 5.19 Å². The lowest BCUT2D eigenvalue weighted by molar-refractivity contribution is 0.0663. The van der Waals surface area contributed by atoms with Crippen molar-refractivity contribution in [2.24, 2.45) is 5.92 Å². The molecule has 1 aliphatic heterocycles. The number of amides is 1. The third kappa shape index (κ3) is 4.25. The summed E-state index contributed by atoms with van der Waals surface area (Å²) >= 11 is 4.48. The monoisotopic (exact) mass is 320 g/mol. The number of aromatic nitrogens is 1. The molecule has 5 nitrogen and oxygen atoms in total. The maximum absolute atomic E-state index is 11.5. The Hall–Kier alpha value is -0.660. The molecule has 0 atom stereocenters. The Kier molecular flexibility index (Phi) is 4.75. The summed E-state index contributed by atoms with van der Waals surface area (Å²) in [6, 6.07) is 0. The molecule has 1 aromatic heterocycles. The van der Waals surface area contributed by atoms with Crippen molar-refractivity contribution in [3.05, 3.63) is 9.98 Å². The average Bonchev–Trinajstić information content (AvgIpc) is 2.73. The summed E-state index contributed by atoms with van der Waals surface area (Å²) in [6.07, 6.45) is 1.53. The van der Waals surface area contributed by atoms with Crippen molar-refractivity contribution in [3.63, 3.8) is 0 Å². The molecule has 0 aliphatic carbocycles. The number of thiazole rings is 1. The average molecular weight is 321 g/mol. The molecule has 2 heterocycles. The Bertz CT molecular complexity index is 379. The maximum Gasteiger partial charge on any atom is 0.414 e. The van der Waals surface area contributed by atoms with Gasteiger partial charge in [-0.15, -0.1) is 0 Å². The second kappa shape index (κ2) is 6.32. The molecule has 0 unspecified atom stereocenters. The van der Waals surface area contributed by atoms with Gasteiger partial charge in [0.15, 0.2) is 0 Å². The van der Waals surface area contributed by atoms with Crippen LogP contribution in [0.5, 0.6) is 5.19 Å². The van der Waals surface area contributed by atoms with E-state index in [-0.39, 0.29) is 0 Å². The van der Waals surface area contributed by atoms with Crippen LogP contribution in [-0.2, 0) is 4.74 Å². The number of ether oxygens (including phenoxy) is 2. The molecule has 1 aromatic rings. The van der Waals surface area contributed by atoms with Crippen LogP contribution in [0.2, 0.25) is 0 Å². The zero-order valence-electron chi connectivity index (χ0n) is 9.15. The maximum atomic E-state index is 11.5. The van der Waals surface area contributed by atoms with Crippen LogP contribution in [0.3, 0.4) is 0 Å². The van der Waals surface area contributed by atoms with Gasteiger partial charge in [-0.3, -0.25) is 0 Å². The number of hydrogen-bond donors (Lipinski definition) is 1. The molecular formula is C10H13BrN2O3S. The van der Waals surface area contributed by atoms with Crippen molar-refractivity contribution in [1.29, 1.82) is 0 Å². The van der Waals surface area contributed by atoms with Gasteiger partial charge in [-0.25, -0.2) is 4.79 Å². The highest BCUT2D eigenvalue weighted by Crippen LogP contribution is 2.21. The van der Waals surface area contributed by atoms with Crippen molar-refractivity contribution >= 4 is 33.4 Å². The fraction of sp³-hybridized carbons (Fsp3) is 0.600. The van der Waals surface area contributed by atoms with Gasteiger partial charge in [0, 0.05) is 25.1 Å². The zero-order chi connectivity index (χ0) is 12.1. The van der Waals surface area contributed by atoms with Crippen LogP contribution in [0.1, 0.15) is 12.8 Å². The summed E-state index contributed by atoms with van der Waals surface area (Å²) in [6.45, 7) is 2.19. The van der Waals surface area contributed by atoms with E-state index in [2.05, 4.69) is 26.2 Å². The van der Waals surface area contributed by atoms with Crippen molar-refractivity contribution in [2.45, 2.75) is 12.8 Å². The fourth-order valence-corrected chi connectivity index (χ4v) is 2.66. The van der Waals surface area contributed by atoms with Gasteiger partial charge in [0.05, 0.1) is 0 Å². The summed E-state index contributed by atoms with van der Waals surface area (Å²) in [5, 5.41) is 4.86. The van der Waals surface area contributed by atoms with Crippen LogP contribution in [0.25, 0.3) is 0 Å². The summed E-state index contributed by atoms with van der Waals surface area (Å²) < 4.78 is 10.9. The van der Waals surface area contributed by atoms with Gasteiger partial charge in [-0.05, 0) is 34.7 Å². The van der Waals surface area contributed by atoms with E-state index in [1.165, 1.54) is 11.3 Å². The quantitative estimate of drug-likeness (QED) is 0.929. The predicted molar refractivity (Wildman–Crippen MR) is 67.4 cm³/mol. The molecule has 1 saturated heterocycles. The van der Waals surface area contributed by atoms with Crippen LogP contribution in [0.15, 0.2) is 9.98 Å². The molecule has 7 heteroatoms. The van der Waals surface area contributed by atoms with Gasteiger partial charge in [-0.1, -0.05) is 11.3 Å². The van der Waals surface area contributed by atoms with Crippen LogP contribution >= 0.6 is 27.3 Å². The van der Waals surface area contributed by atoms with Gasteiger partial charge in [0.1, 0.15) is 4.60 Å². The highest BCUT2D eigenvalue weighted by atomic mass is 79.9. The number of nitrogens with one attached hydrogen (secondary N) is 1. The highest BCUT2D eigenvalue weighted by molar-refractivity contribution is 9.10. The van der Waals surface area contributed by atoms with Crippen molar-refractivity contribution in [2.75, 3.05) is 19.8 Å². The third-order valence-corrected chi connectivity index (χ3v) is 3.94. The summed E-state index contributed by atoms with van der Waals surface area (Å²) in [7, 11) is 0. The van der Waals surface area contributed by atoms with Gasteiger partial charge >= 0.3 is 6.09 Å². The van der Waals surface area contributed by atoms with E-state index in [9.17, 15) is 4.79 Å². The number of halogens is 1. The number of hydrogen-bond acceptors (Lipinski definition) is 5. The van der Waals surface area contributed by atoms with Gasteiger partial charge in [0.2, 0.25) is 0 Å². The number of nitrogens with zero attached hydrogens (tertiary/aromatic N) is 1. The van der Waals surface area contributed by atoms with Crippen molar-refractivity contribution < 1.29 is 14.3 Å². The Morgan fingerprint density at radius 1 is 1.65 bits per heavy atom. The lowest BCUT2D eigenvalue weighted by Crippen LogP contribution is -2.33. The topological polar surface area (TPSA) is 60.5 Å². The molecule has 1 fully saturated rings. The van der Waals surface area contributed by atoms with E-state index < -0.39 is 6.09 Å². The lowest BCUT2D eigenvalue weighted by atomic mass is 10.0. The van der Waals surface area contributed by atoms with E-state index in [4.69, 9.17) is 9.47 Å². The molecule has 0 aromatic carbocycles. The summed E-state index contributed by atoms with van der Waals surface area (Å²) in [4.78, 5) is 15.4. The third-order valence-electron chi connectivity index (χ3n) is 2.51. The first-order valence-corrected chi connectivity index (χ1v) is 7.06. The first-order valence-electron chi connectivity index (χ1n) is 5.38. The molecule has 0 radical (unpaired) electrons. The molecule has 0 spiro atoms. The van der Waals surface area contributed by atoms with Crippen LogP contribution in [0.4, 0.5) is 4.79 Å². The minimum atomic E-state index is -0.446. The van der Waals surface area contributed by atoms with Crippen LogP contribution < -0.4 is 10.1 Å². The molecule has 17 heavy (non-hydrogen) atoms. The molecular weight excluding hydrogens is 308 g/mol. The van der Waals surface area contributed by atoms with E-state index >= 15 is 0 Å².